The van der Waals surface area contributed by atoms with Crippen molar-refractivity contribution in [2.45, 2.75) is 31.7 Å². The van der Waals surface area contributed by atoms with Gasteiger partial charge in [-0.3, -0.25) is 0 Å². The zero-order chi connectivity index (χ0) is 10.1. The topological polar surface area (TPSA) is 35.2 Å². The van der Waals surface area contributed by atoms with Crippen LogP contribution in [0.4, 0.5) is 0 Å². The fourth-order valence-corrected chi connectivity index (χ4v) is 2.29. The van der Waals surface area contributed by atoms with E-state index in [1.807, 2.05) is 6.07 Å². The highest BCUT2D eigenvalue weighted by molar-refractivity contribution is 5.41. The summed E-state index contributed by atoms with van der Waals surface area (Å²) in [6.45, 7) is 2.08. The fraction of sp³-hybridized carbons (Fsp3) is 0.500. The summed E-state index contributed by atoms with van der Waals surface area (Å²) in [5, 5.41) is 0. The van der Waals surface area contributed by atoms with E-state index >= 15 is 0 Å². The molecule has 0 amide bonds. The molecule has 2 unspecified atom stereocenters. The molecule has 0 saturated carbocycles. The van der Waals surface area contributed by atoms with Gasteiger partial charge in [0.1, 0.15) is 5.75 Å². The van der Waals surface area contributed by atoms with Gasteiger partial charge in [-0.15, -0.1) is 0 Å². The molecule has 0 saturated heterocycles. The van der Waals surface area contributed by atoms with Crippen LogP contribution in [0.2, 0.25) is 0 Å². The molecule has 2 N–H and O–H groups in total. The van der Waals surface area contributed by atoms with E-state index < -0.39 is 0 Å². The zero-order valence-electron chi connectivity index (χ0n) is 8.79. The molecule has 0 radical (unpaired) electrons. The lowest BCUT2D eigenvalue weighted by atomic mass is 9.95. The van der Waals surface area contributed by atoms with Gasteiger partial charge in [-0.1, -0.05) is 6.07 Å². The number of hydrogen-bond acceptors (Lipinski definition) is 2. The van der Waals surface area contributed by atoms with Crippen molar-refractivity contribution in [3.8, 4) is 5.75 Å². The molecule has 76 valence electrons. The number of aryl methyl sites for hydroxylation is 1. The summed E-state index contributed by atoms with van der Waals surface area (Å²) in [5.41, 5.74) is 8.79. The Kier molecular flexibility index (Phi) is 2.46. The highest BCUT2D eigenvalue weighted by Crippen LogP contribution is 2.36. The molecule has 0 aliphatic heterocycles. The Balaban J connectivity index is 2.37. The van der Waals surface area contributed by atoms with Crippen LogP contribution in [0.15, 0.2) is 18.2 Å². The van der Waals surface area contributed by atoms with Gasteiger partial charge in [0.25, 0.3) is 0 Å². The van der Waals surface area contributed by atoms with Crippen LogP contribution in [0, 0.1) is 0 Å². The van der Waals surface area contributed by atoms with E-state index in [2.05, 4.69) is 19.1 Å². The zero-order valence-corrected chi connectivity index (χ0v) is 8.79. The fourth-order valence-electron chi connectivity index (χ4n) is 2.29. The largest absolute Gasteiger partial charge is 0.497 e. The molecule has 0 bridgehead atoms. The van der Waals surface area contributed by atoms with Gasteiger partial charge in [0.2, 0.25) is 0 Å². The maximum atomic E-state index is 5.96. The predicted molar refractivity (Wildman–Crippen MR) is 57.7 cm³/mol. The SMILES string of the molecule is COc1ccc2c(c1)C(C(C)N)CC2. The van der Waals surface area contributed by atoms with Gasteiger partial charge in [0.15, 0.2) is 0 Å². The normalized spacial score (nSPS) is 21.8. The molecule has 2 rings (SSSR count). The number of rotatable bonds is 2. The second-order valence-corrected chi connectivity index (χ2v) is 4.07. The van der Waals surface area contributed by atoms with Gasteiger partial charge in [-0.2, -0.15) is 0 Å². The Morgan fingerprint density at radius 3 is 2.93 bits per heavy atom. The Morgan fingerprint density at radius 1 is 1.50 bits per heavy atom. The van der Waals surface area contributed by atoms with Crippen molar-refractivity contribution in [2.75, 3.05) is 7.11 Å². The summed E-state index contributed by atoms with van der Waals surface area (Å²) in [6.07, 6.45) is 2.34. The second-order valence-electron chi connectivity index (χ2n) is 4.07. The van der Waals surface area contributed by atoms with Crippen LogP contribution in [-0.2, 0) is 6.42 Å². The Labute approximate surface area is 85.1 Å². The van der Waals surface area contributed by atoms with E-state index in [0.29, 0.717) is 5.92 Å². The first-order valence-corrected chi connectivity index (χ1v) is 5.14. The second kappa shape index (κ2) is 3.62. The number of methoxy groups -OCH3 is 1. The number of benzene rings is 1. The molecule has 2 heteroatoms. The molecule has 0 fully saturated rings. The lowest BCUT2D eigenvalue weighted by Crippen LogP contribution is -2.22. The van der Waals surface area contributed by atoms with Crippen LogP contribution in [0.1, 0.15) is 30.4 Å². The first-order valence-electron chi connectivity index (χ1n) is 5.14. The van der Waals surface area contributed by atoms with E-state index in [9.17, 15) is 0 Å². The summed E-state index contributed by atoms with van der Waals surface area (Å²) in [5.74, 6) is 1.46. The molecule has 2 nitrogen and oxygen atoms in total. The van der Waals surface area contributed by atoms with E-state index in [1.165, 1.54) is 17.5 Å². The van der Waals surface area contributed by atoms with Gasteiger partial charge >= 0.3 is 0 Å². The van der Waals surface area contributed by atoms with Crippen molar-refractivity contribution < 1.29 is 4.74 Å². The molecular formula is C12H17NO. The van der Waals surface area contributed by atoms with E-state index in [-0.39, 0.29) is 6.04 Å². The standard InChI is InChI=1S/C12H17NO/c1-8(13)11-6-4-9-3-5-10(14-2)7-12(9)11/h3,5,7-8,11H,4,6,13H2,1-2H3. The third kappa shape index (κ3) is 1.50. The van der Waals surface area contributed by atoms with Crippen molar-refractivity contribution in [3.63, 3.8) is 0 Å². The van der Waals surface area contributed by atoms with E-state index in [4.69, 9.17) is 10.5 Å². The quantitative estimate of drug-likeness (QED) is 0.776. The molecule has 0 spiro atoms. The number of hydrogen-bond donors (Lipinski definition) is 1. The number of nitrogens with two attached hydrogens (primary N) is 1. The van der Waals surface area contributed by atoms with Gasteiger partial charge < -0.3 is 10.5 Å². The molecule has 1 aliphatic rings. The van der Waals surface area contributed by atoms with Crippen molar-refractivity contribution in [3.05, 3.63) is 29.3 Å². The minimum atomic E-state index is 0.239. The summed E-state index contributed by atoms with van der Waals surface area (Å²) < 4.78 is 5.23. The number of ether oxygens (including phenoxy) is 1. The van der Waals surface area contributed by atoms with Crippen molar-refractivity contribution in [2.24, 2.45) is 5.73 Å². The summed E-state index contributed by atoms with van der Waals surface area (Å²) in [7, 11) is 1.71. The van der Waals surface area contributed by atoms with Crippen LogP contribution in [-0.4, -0.2) is 13.2 Å². The lowest BCUT2D eigenvalue weighted by Gasteiger charge is -2.16. The molecule has 1 aromatic rings. The highest BCUT2D eigenvalue weighted by Gasteiger charge is 2.25. The van der Waals surface area contributed by atoms with E-state index in [1.54, 1.807) is 7.11 Å². The molecule has 1 aromatic carbocycles. The average Bonchev–Trinajstić information content (AvgIpc) is 2.59. The predicted octanol–water partition coefficient (Wildman–Crippen LogP) is 2.07. The van der Waals surface area contributed by atoms with Crippen molar-refractivity contribution in [1.29, 1.82) is 0 Å². The molecule has 2 atom stereocenters. The monoisotopic (exact) mass is 191 g/mol. The third-order valence-corrected chi connectivity index (χ3v) is 3.11. The van der Waals surface area contributed by atoms with Crippen molar-refractivity contribution >= 4 is 0 Å². The minimum absolute atomic E-state index is 0.239. The third-order valence-electron chi connectivity index (χ3n) is 3.11. The molecular weight excluding hydrogens is 174 g/mol. The highest BCUT2D eigenvalue weighted by atomic mass is 16.5. The lowest BCUT2D eigenvalue weighted by molar-refractivity contribution is 0.413. The summed E-state index contributed by atoms with van der Waals surface area (Å²) in [4.78, 5) is 0. The van der Waals surface area contributed by atoms with Gasteiger partial charge in [0.05, 0.1) is 7.11 Å². The van der Waals surface area contributed by atoms with Crippen LogP contribution >= 0.6 is 0 Å². The minimum Gasteiger partial charge on any atom is -0.497 e. The Hall–Kier alpha value is -1.02. The summed E-state index contributed by atoms with van der Waals surface area (Å²) >= 11 is 0. The van der Waals surface area contributed by atoms with Crippen molar-refractivity contribution in [1.82, 2.24) is 0 Å². The molecule has 0 heterocycles. The maximum Gasteiger partial charge on any atom is 0.119 e. The maximum absolute atomic E-state index is 5.96. The van der Waals surface area contributed by atoms with Crippen LogP contribution in [0.3, 0.4) is 0 Å². The Bertz CT molecular complexity index is 333. The van der Waals surface area contributed by atoms with Gasteiger partial charge in [0, 0.05) is 6.04 Å². The van der Waals surface area contributed by atoms with E-state index in [0.717, 1.165) is 12.2 Å². The molecule has 14 heavy (non-hydrogen) atoms. The molecule has 0 aromatic heterocycles. The number of fused-ring (bicyclic) bond motifs is 1. The van der Waals surface area contributed by atoms with Crippen LogP contribution < -0.4 is 10.5 Å². The first-order chi connectivity index (χ1) is 6.72. The molecule has 1 aliphatic carbocycles. The summed E-state index contributed by atoms with van der Waals surface area (Å²) in [6, 6.07) is 6.57. The van der Waals surface area contributed by atoms with Crippen LogP contribution in [0.25, 0.3) is 0 Å². The first kappa shape index (κ1) is 9.53. The smallest absolute Gasteiger partial charge is 0.119 e. The average molecular weight is 191 g/mol. The van der Waals surface area contributed by atoms with Crippen LogP contribution in [0.5, 0.6) is 5.75 Å². The van der Waals surface area contributed by atoms with Gasteiger partial charge in [-0.05, 0) is 48.9 Å². The van der Waals surface area contributed by atoms with Gasteiger partial charge in [-0.25, -0.2) is 0 Å². The Morgan fingerprint density at radius 2 is 2.29 bits per heavy atom.